The Hall–Kier alpha value is -1.55. The second kappa shape index (κ2) is 5.83. The number of carbonyl (C=O) groups is 1. The number of carbonyl (C=O) groups excluding carboxylic acids is 1. The van der Waals surface area contributed by atoms with Crippen LogP contribution in [0, 0.1) is 5.41 Å². The van der Waals surface area contributed by atoms with Crippen LogP contribution in [0.4, 0.5) is 5.69 Å². The Bertz CT molecular complexity index is 492. The highest BCUT2D eigenvalue weighted by atomic mass is 16.5. The summed E-state index contributed by atoms with van der Waals surface area (Å²) in [4.78, 5) is 11.3. The van der Waals surface area contributed by atoms with Crippen LogP contribution in [0.3, 0.4) is 0 Å². The van der Waals surface area contributed by atoms with E-state index in [0.717, 1.165) is 30.0 Å². The molecule has 1 atom stereocenters. The number of hydrogen-bond donors (Lipinski definition) is 2. The van der Waals surface area contributed by atoms with Gasteiger partial charge < -0.3 is 15.4 Å². The van der Waals surface area contributed by atoms with E-state index in [1.807, 2.05) is 18.2 Å². The van der Waals surface area contributed by atoms with Crippen molar-refractivity contribution in [2.24, 2.45) is 5.41 Å². The van der Waals surface area contributed by atoms with Crippen LogP contribution in [0.2, 0.25) is 0 Å². The molecule has 1 aliphatic heterocycles. The van der Waals surface area contributed by atoms with Crippen molar-refractivity contribution in [2.45, 2.75) is 40.2 Å². The summed E-state index contributed by atoms with van der Waals surface area (Å²) in [7, 11) is 0. The smallest absolute Gasteiger partial charge is 0.262 e. The van der Waals surface area contributed by atoms with Gasteiger partial charge in [0, 0.05) is 6.04 Å². The maximum atomic E-state index is 11.3. The molecule has 1 unspecified atom stereocenters. The molecule has 0 saturated carbocycles. The summed E-state index contributed by atoms with van der Waals surface area (Å²) in [5, 5.41) is 6.36. The number of fused-ring (bicyclic) bond motifs is 1. The summed E-state index contributed by atoms with van der Waals surface area (Å²) in [6.07, 6.45) is 1.13. The standard InChI is InChI=1S/C16H24N2O2/c1-11(17-8-7-16(2,3)4)12-5-6-14-13(9-12)18-15(19)10-20-14/h5-6,9,11,17H,7-8,10H2,1-4H3,(H,18,19). The van der Waals surface area contributed by atoms with Gasteiger partial charge in [0.05, 0.1) is 5.69 Å². The monoisotopic (exact) mass is 276 g/mol. The lowest BCUT2D eigenvalue weighted by Gasteiger charge is -2.23. The fourth-order valence-corrected chi connectivity index (χ4v) is 2.15. The first-order valence-corrected chi connectivity index (χ1v) is 7.15. The Morgan fingerprint density at radius 1 is 1.40 bits per heavy atom. The van der Waals surface area contributed by atoms with Crippen molar-refractivity contribution in [3.63, 3.8) is 0 Å². The molecular formula is C16H24N2O2. The third kappa shape index (κ3) is 3.97. The lowest BCUT2D eigenvalue weighted by Crippen LogP contribution is -2.26. The molecule has 0 aliphatic carbocycles. The van der Waals surface area contributed by atoms with Crippen molar-refractivity contribution in [3.05, 3.63) is 23.8 Å². The summed E-state index contributed by atoms with van der Waals surface area (Å²) in [5.41, 5.74) is 2.26. The van der Waals surface area contributed by atoms with Gasteiger partial charge in [0.25, 0.3) is 5.91 Å². The number of ether oxygens (including phenoxy) is 1. The van der Waals surface area contributed by atoms with Gasteiger partial charge in [-0.3, -0.25) is 4.79 Å². The van der Waals surface area contributed by atoms with E-state index < -0.39 is 0 Å². The molecule has 1 aliphatic rings. The average Bonchev–Trinajstić information content (AvgIpc) is 2.36. The minimum atomic E-state index is -0.0944. The highest BCUT2D eigenvalue weighted by molar-refractivity contribution is 5.95. The molecule has 110 valence electrons. The van der Waals surface area contributed by atoms with Gasteiger partial charge >= 0.3 is 0 Å². The molecule has 1 amide bonds. The summed E-state index contributed by atoms with van der Waals surface area (Å²) in [5.74, 6) is 0.651. The van der Waals surface area contributed by atoms with E-state index >= 15 is 0 Å². The number of benzene rings is 1. The average molecular weight is 276 g/mol. The van der Waals surface area contributed by atoms with Gasteiger partial charge in [0.2, 0.25) is 0 Å². The van der Waals surface area contributed by atoms with Crippen molar-refractivity contribution < 1.29 is 9.53 Å². The Morgan fingerprint density at radius 2 is 2.15 bits per heavy atom. The first-order chi connectivity index (χ1) is 9.35. The minimum Gasteiger partial charge on any atom is -0.482 e. The lowest BCUT2D eigenvalue weighted by atomic mass is 9.92. The summed E-state index contributed by atoms with van der Waals surface area (Å²) in [6, 6.07) is 6.21. The molecule has 0 bridgehead atoms. The summed E-state index contributed by atoms with van der Waals surface area (Å²) in [6.45, 7) is 9.94. The van der Waals surface area contributed by atoms with E-state index in [4.69, 9.17) is 4.74 Å². The van der Waals surface area contributed by atoms with Crippen LogP contribution >= 0.6 is 0 Å². The Morgan fingerprint density at radius 3 is 2.85 bits per heavy atom. The molecule has 20 heavy (non-hydrogen) atoms. The summed E-state index contributed by atoms with van der Waals surface area (Å²) < 4.78 is 5.36. The number of amides is 1. The van der Waals surface area contributed by atoms with Crippen molar-refractivity contribution >= 4 is 11.6 Å². The van der Waals surface area contributed by atoms with E-state index in [0.29, 0.717) is 5.41 Å². The number of hydrogen-bond acceptors (Lipinski definition) is 3. The number of anilines is 1. The van der Waals surface area contributed by atoms with Gasteiger partial charge in [-0.1, -0.05) is 26.8 Å². The lowest BCUT2D eigenvalue weighted by molar-refractivity contribution is -0.118. The Labute approximate surface area is 120 Å². The van der Waals surface area contributed by atoms with Crippen LogP contribution in [-0.2, 0) is 4.79 Å². The predicted molar refractivity (Wildman–Crippen MR) is 81.1 cm³/mol. The molecule has 0 aromatic heterocycles. The van der Waals surface area contributed by atoms with Crippen molar-refractivity contribution in [3.8, 4) is 5.75 Å². The van der Waals surface area contributed by atoms with Crippen LogP contribution in [0.25, 0.3) is 0 Å². The van der Waals surface area contributed by atoms with Crippen LogP contribution in [0.5, 0.6) is 5.75 Å². The van der Waals surface area contributed by atoms with E-state index in [9.17, 15) is 4.79 Å². The molecule has 1 aromatic rings. The molecule has 1 heterocycles. The molecule has 2 N–H and O–H groups in total. The molecule has 0 radical (unpaired) electrons. The second-order valence-electron chi connectivity index (χ2n) is 6.58. The Balaban J connectivity index is 1.98. The maximum Gasteiger partial charge on any atom is 0.262 e. The van der Waals surface area contributed by atoms with E-state index in [-0.39, 0.29) is 18.6 Å². The van der Waals surface area contributed by atoms with Gasteiger partial charge in [-0.05, 0) is 43.0 Å². The van der Waals surface area contributed by atoms with Gasteiger partial charge in [0.1, 0.15) is 5.75 Å². The quantitative estimate of drug-likeness (QED) is 0.888. The van der Waals surface area contributed by atoms with Gasteiger partial charge in [-0.25, -0.2) is 0 Å². The van der Waals surface area contributed by atoms with Crippen molar-refractivity contribution in [1.29, 1.82) is 0 Å². The van der Waals surface area contributed by atoms with Gasteiger partial charge in [-0.15, -0.1) is 0 Å². The highest BCUT2D eigenvalue weighted by Crippen LogP contribution is 2.30. The van der Waals surface area contributed by atoms with Gasteiger partial charge in [-0.2, -0.15) is 0 Å². The minimum absolute atomic E-state index is 0.0944. The normalized spacial score (nSPS) is 16.1. The van der Waals surface area contributed by atoms with E-state index in [1.165, 1.54) is 0 Å². The maximum absolute atomic E-state index is 11.3. The predicted octanol–water partition coefficient (Wildman–Crippen LogP) is 3.10. The Kier molecular flexibility index (Phi) is 4.33. The van der Waals surface area contributed by atoms with Crippen molar-refractivity contribution in [2.75, 3.05) is 18.5 Å². The molecule has 0 spiro atoms. The largest absolute Gasteiger partial charge is 0.482 e. The first kappa shape index (κ1) is 14.9. The third-order valence-corrected chi connectivity index (χ3v) is 3.46. The number of rotatable bonds is 4. The zero-order valence-electron chi connectivity index (χ0n) is 12.7. The van der Waals surface area contributed by atoms with Crippen LogP contribution in [0.15, 0.2) is 18.2 Å². The molecule has 2 rings (SSSR count). The molecule has 0 fully saturated rings. The van der Waals surface area contributed by atoms with Crippen LogP contribution in [-0.4, -0.2) is 19.1 Å². The third-order valence-electron chi connectivity index (χ3n) is 3.46. The van der Waals surface area contributed by atoms with E-state index in [1.54, 1.807) is 0 Å². The van der Waals surface area contributed by atoms with E-state index in [2.05, 4.69) is 38.3 Å². The van der Waals surface area contributed by atoms with Crippen LogP contribution in [0.1, 0.15) is 45.7 Å². The number of nitrogens with one attached hydrogen (secondary N) is 2. The highest BCUT2D eigenvalue weighted by Gasteiger charge is 2.17. The second-order valence-corrected chi connectivity index (χ2v) is 6.58. The molecule has 0 saturated heterocycles. The topological polar surface area (TPSA) is 50.4 Å². The summed E-state index contributed by atoms with van der Waals surface area (Å²) >= 11 is 0. The molecule has 4 nitrogen and oxygen atoms in total. The van der Waals surface area contributed by atoms with Crippen LogP contribution < -0.4 is 15.4 Å². The molecule has 4 heteroatoms. The first-order valence-electron chi connectivity index (χ1n) is 7.15. The fraction of sp³-hybridized carbons (Fsp3) is 0.562. The van der Waals surface area contributed by atoms with Crippen molar-refractivity contribution in [1.82, 2.24) is 5.32 Å². The zero-order chi connectivity index (χ0) is 14.8. The fourth-order valence-electron chi connectivity index (χ4n) is 2.15. The molecule has 1 aromatic carbocycles. The SMILES string of the molecule is CC(NCCC(C)(C)C)c1ccc2c(c1)NC(=O)CO2. The van der Waals surface area contributed by atoms with Gasteiger partial charge in [0.15, 0.2) is 6.61 Å². The zero-order valence-corrected chi connectivity index (χ0v) is 12.7. The molecular weight excluding hydrogens is 252 g/mol.